The highest BCUT2D eigenvalue weighted by molar-refractivity contribution is 6.42. The van der Waals surface area contributed by atoms with Crippen LogP contribution < -0.4 is 14.4 Å². The van der Waals surface area contributed by atoms with Crippen molar-refractivity contribution in [3.8, 4) is 17.2 Å². The van der Waals surface area contributed by atoms with Crippen molar-refractivity contribution in [2.45, 2.75) is 19.8 Å². The van der Waals surface area contributed by atoms with Gasteiger partial charge >= 0.3 is 0 Å². The van der Waals surface area contributed by atoms with Crippen molar-refractivity contribution in [2.24, 2.45) is 0 Å². The van der Waals surface area contributed by atoms with E-state index in [9.17, 15) is 9.59 Å². The van der Waals surface area contributed by atoms with Gasteiger partial charge in [0, 0.05) is 38.5 Å². The molecule has 1 aromatic heterocycles. The monoisotopic (exact) mass is 563 g/mol. The number of imide groups is 1. The molecule has 0 N–H and O–H groups in total. The number of ether oxygens (including phenoxy) is 2. The normalized spacial score (nSPS) is 12.7. The van der Waals surface area contributed by atoms with E-state index in [-0.39, 0.29) is 11.8 Å². The number of fused-ring (bicyclic) bond motifs is 2. The van der Waals surface area contributed by atoms with Crippen molar-refractivity contribution in [1.82, 2.24) is 9.88 Å². The van der Waals surface area contributed by atoms with Crippen LogP contribution in [0.15, 0.2) is 60.8 Å². The number of aromatic nitrogens is 1. The number of hydrogen-bond donors (Lipinski definition) is 0. The number of halogens is 2. The Kier molecular flexibility index (Phi) is 7.64. The molecule has 0 fully saturated rings. The second kappa shape index (κ2) is 11.1. The fourth-order valence-corrected chi connectivity index (χ4v) is 5.09. The van der Waals surface area contributed by atoms with E-state index in [0.29, 0.717) is 57.9 Å². The van der Waals surface area contributed by atoms with E-state index in [1.54, 1.807) is 55.8 Å². The summed E-state index contributed by atoms with van der Waals surface area (Å²) in [5.74, 6) is 1.17. The zero-order chi connectivity index (χ0) is 27.7. The number of hydrogen-bond acceptors (Lipinski definition) is 6. The number of rotatable bonds is 9. The number of nitrogens with zero attached hydrogens (tertiary/aromatic N) is 3. The lowest BCUT2D eigenvalue weighted by Crippen LogP contribution is -2.31. The number of anilines is 1. The van der Waals surface area contributed by atoms with Crippen molar-refractivity contribution in [3.63, 3.8) is 0 Å². The highest BCUT2D eigenvalue weighted by Gasteiger charge is 2.34. The number of pyridine rings is 1. The molecule has 0 aliphatic carbocycles. The smallest absolute Gasteiger partial charge is 0.261 e. The summed E-state index contributed by atoms with van der Waals surface area (Å²) in [5.41, 5.74) is 3.58. The Bertz CT molecular complexity index is 1560. The largest absolute Gasteiger partial charge is 0.493 e. The molecule has 2 heterocycles. The van der Waals surface area contributed by atoms with Gasteiger partial charge in [-0.25, -0.2) is 0 Å². The molecule has 2 amide bonds. The average Bonchev–Trinajstić information content (AvgIpc) is 3.18. The summed E-state index contributed by atoms with van der Waals surface area (Å²) in [5, 5.41) is 1.67. The van der Waals surface area contributed by atoms with Crippen molar-refractivity contribution >= 4 is 51.6 Å². The van der Waals surface area contributed by atoms with Gasteiger partial charge in [0.1, 0.15) is 5.75 Å². The van der Waals surface area contributed by atoms with Crippen molar-refractivity contribution in [3.05, 3.63) is 87.5 Å². The van der Waals surface area contributed by atoms with Crippen LogP contribution >= 0.6 is 23.2 Å². The van der Waals surface area contributed by atoms with Gasteiger partial charge in [-0.1, -0.05) is 35.3 Å². The third kappa shape index (κ3) is 5.12. The van der Waals surface area contributed by atoms with Crippen LogP contribution in [0.3, 0.4) is 0 Å². The van der Waals surface area contributed by atoms with E-state index in [1.165, 1.54) is 4.90 Å². The van der Waals surface area contributed by atoms with Gasteiger partial charge in [-0.3, -0.25) is 19.5 Å². The molecule has 5 rings (SSSR count). The van der Waals surface area contributed by atoms with E-state index >= 15 is 0 Å². The number of benzene rings is 3. The third-order valence-electron chi connectivity index (χ3n) is 6.87. The fourth-order valence-electron chi connectivity index (χ4n) is 4.80. The van der Waals surface area contributed by atoms with Crippen LogP contribution in [-0.2, 0) is 0 Å². The van der Waals surface area contributed by atoms with Gasteiger partial charge in [0.15, 0.2) is 11.5 Å². The van der Waals surface area contributed by atoms with Gasteiger partial charge < -0.3 is 14.4 Å². The first-order chi connectivity index (χ1) is 18.8. The minimum absolute atomic E-state index is 0.225. The van der Waals surface area contributed by atoms with E-state index < -0.39 is 0 Å². The molecule has 39 heavy (non-hydrogen) atoms. The van der Waals surface area contributed by atoms with Gasteiger partial charge in [-0.15, -0.1) is 0 Å². The van der Waals surface area contributed by atoms with Crippen molar-refractivity contribution < 1.29 is 19.1 Å². The van der Waals surface area contributed by atoms with Crippen molar-refractivity contribution in [1.29, 1.82) is 0 Å². The molecule has 0 radical (unpaired) electrons. The Labute approximate surface area is 236 Å². The maximum atomic E-state index is 12.7. The topological polar surface area (TPSA) is 72.0 Å². The predicted octanol–water partition coefficient (Wildman–Crippen LogP) is 7.16. The van der Waals surface area contributed by atoms with Crippen LogP contribution in [0.2, 0.25) is 10.0 Å². The van der Waals surface area contributed by atoms with Gasteiger partial charge in [0.05, 0.1) is 44.9 Å². The van der Waals surface area contributed by atoms with Crippen LogP contribution in [0.4, 0.5) is 5.69 Å². The SMILES string of the molecule is COc1cc(N(C)CCCCN2C(=O)c3ccccc3C2=O)c2nccc(C)c2c1Oc1ccc(Cl)c(Cl)c1. The molecule has 4 aromatic rings. The van der Waals surface area contributed by atoms with Crippen LogP contribution in [0.1, 0.15) is 39.1 Å². The second-order valence-electron chi connectivity index (χ2n) is 9.39. The number of methoxy groups -OCH3 is 1. The number of carbonyl (C=O) groups is 2. The number of carbonyl (C=O) groups excluding carboxylic acids is 2. The molecule has 0 bridgehead atoms. The van der Waals surface area contributed by atoms with Crippen LogP contribution in [0.5, 0.6) is 17.2 Å². The summed E-state index contributed by atoms with van der Waals surface area (Å²) < 4.78 is 12.0. The Morgan fingerprint density at radius 1 is 0.949 bits per heavy atom. The van der Waals surface area contributed by atoms with E-state index in [0.717, 1.165) is 28.6 Å². The Morgan fingerprint density at radius 3 is 2.33 bits per heavy atom. The molecule has 3 aromatic carbocycles. The molecule has 0 saturated heterocycles. The average molecular weight is 564 g/mol. The fraction of sp³-hybridized carbons (Fsp3) is 0.233. The summed E-state index contributed by atoms with van der Waals surface area (Å²) >= 11 is 12.3. The highest BCUT2D eigenvalue weighted by Crippen LogP contribution is 2.44. The first-order valence-corrected chi connectivity index (χ1v) is 13.3. The summed E-state index contributed by atoms with van der Waals surface area (Å²) in [4.78, 5) is 33.4. The molecule has 0 saturated carbocycles. The molecule has 0 spiro atoms. The van der Waals surface area contributed by atoms with Crippen LogP contribution in [0.25, 0.3) is 10.9 Å². The van der Waals surface area contributed by atoms with E-state index in [1.807, 2.05) is 26.1 Å². The Balaban J connectivity index is 1.35. The molecular formula is C30H27Cl2N3O4. The van der Waals surface area contributed by atoms with Crippen LogP contribution in [0, 0.1) is 6.92 Å². The minimum Gasteiger partial charge on any atom is -0.493 e. The highest BCUT2D eigenvalue weighted by atomic mass is 35.5. The van der Waals surface area contributed by atoms with Gasteiger partial charge in [-0.2, -0.15) is 0 Å². The molecule has 0 atom stereocenters. The lowest BCUT2D eigenvalue weighted by molar-refractivity contribution is 0.0652. The van der Waals surface area contributed by atoms with E-state index in [2.05, 4.69) is 9.88 Å². The first-order valence-electron chi connectivity index (χ1n) is 12.6. The summed E-state index contributed by atoms with van der Waals surface area (Å²) in [6.07, 6.45) is 3.21. The molecular weight excluding hydrogens is 537 g/mol. The maximum absolute atomic E-state index is 12.7. The lowest BCUT2D eigenvalue weighted by Gasteiger charge is -2.24. The predicted molar refractivity (Wildman–Crippen MR) is 154 cm³/mol. The third-order valence-corrected chi connectivity index (χ3v) is 7.61. The first kappa shape index (κ1) is 26.8. The van der Waals surface area contributed by atoms with Gasteiger partial charge in [0.2, 0.25) is 0 Å². The Hall–Kier alpha value is -3.81. The number of amides is 2. The zero-order valence-corrected chi connectivity index (χ0v) is 23.3. The molecule has 1 aliphatic rings. The minimum atomic E-state index is -0.225. The standard InChI is InChI=1S/C30H27Cl2N3O4/c1-18-12-13-33-27-24(17-25(38-3)28(26(18)27)39-19-10-11-22(31)23(32)16-19)34(2)14-6-7-15-35-29(36)20-8-4-5-9-21(20)30(35)37/h4-5,8-13,16-17H,6-7,14-15H2,1-3H3. The maximum Gasteiger partial charge on any atom is 0.261 e. The van der Waals surface area contributed by atoms with Gasteiger partial charge in [-0.05, 0) is 55.7 Å². The summed E-state index contributed by atoms with van der Waals surface area (Å²) in [6, 6.07) is 15.9. The number of unbranched alkanes of at least 4 members (excludes halogenated alkanes) is 1. The number of aryl methyl sites for hydroxylation is 1. The molecule has 7 nitrogen and oxygen atoms in total. The lowest BCUT2D eigenvalue weighted by atomic mass is 10.1. The molecule has 9 heteroatoms. The quantitative estimate of drug-likeness (QED) is 0.159. The molecule has 0 unspecified atom stereocenters. The summed E-state index contributed by atoms with van der Waals surface area (Å²) in [7, 11) is 3.58. The van der Waals surface area contributed by atoms with Crippen molar-refractivity contribution in [2.75, 3.05) is 32.1 Å². The summed E-state index contributed by atoms with van der Waals surface area (Å²) in [6.45, 7) is 3.05. The van der Waals surface area contributed by atoms with Crippen LogP contribution in [-0.4, -0.2) is 48.9 Å². The zero-order valence-electron chi connectivity index (χ0n) is 21.8. The Morgan fingerprint density at radius 2 is 1.67 bits per heavy atom. The second-order valence-corrected chi connectivity index (χ2v) is 10.2. The molecule has 200 valence electrons. The van der Waals surface area contributed by atoms with E-state index in [4.69, 9.17) is 32.7 Å². The van der Waals surface area contributed by atoms with Gasteiger partial charge in [0.25, 0.3) is 11.8 Å². The molecule has 1 aliphatic heterocycles.